The molecule has 0 aliphatic rings. The van der Waals surface area contributed by atoms with Gasteiger partial charge in [0.2, 0.25) is 5.91 Å². The summed E-state index contributed by atoms with van der Waals surface area (Å²) in [6, 6.07) is 7.27. The Labute approximate surface area is 150 Å². The van der Waals surface area contributed by atoms with Crippen molar-refractivity contribution in [2.24, 2.45) is 0 Å². The molecule has 0 aromatic heterocycles. The van der Waals surface area contributed by atoms with Gasteiger partial charge in [-0.25, -0.2) is 0 Å². The molecule has 2 N–H and O–H groups in total. The Morgan fingerprint density at radius 3 is 2.17 bits per heavy atom. The summed E-state index contributed by atoms with van der Waals surface area (Å²) < 4.78 is 0. The van der Waals surface area contributed by atoms with Gasteiger partial charge in [0.05, 0.1) is 12.6 Å². The van der Waals surface area contributed by atoms with Gasteiger partial charge in [0.1, 0.15) is 0 Å². The van der Waals surface area contributed by atoms with E-state index in [1.807, 2.05) is 31.2 Å². The maximum atomic E-state index is 12.3. The molecule has 0 fully saturated rings. The predicted octanol–water partition coefficient (Wildman–Crippen LogP) is 3.53. The fraction of sp³-hybridized carbons (Fsp3) is 0.556. The van der Waals surface area contributed by atoms with Crippen LogP contribution in [0.4, 0.5) is 5.69 Å². The topological polar surface area (TPSA) is 69.6 Å². The summed E-state index contributed by atoms with van der Waals surface area (Å²) in [4.78, 5) is 24.9. The van der Waals surface area contributed by atoms with Crippen LogP contribution in [0.3, 0.4) is 0 Å². The number of carbonyl (C=O) groups excluding carboxylic acids is 1. The quantitative estimate of drug-likeness (QED) is 0.784. The molecule has 1 unspecified atom stereocenters. The van der Waals surface area contributed by atoms with Gasteiger partial charge in [-0.1, -0.05) is 39.8 Å². The number of anilines is 1. The minimum Gasteiger partial charge on any atom is -0.480 e. The lowest BCUT2D eigenvalue weighted by molar-refractivity contribution is -0.139. The zero-order valence-electron chi connectivity index (χ0n) is 15.1. The van der Waals surface area contributed by atoms with E-state index in [9.17, 15) is 9.59 Å². The summed E-state index contributed by atoms with van der Waals surface area (Å²) in [7, 11) is 0. The Balaban J connectivity index is 0.00000529. The fourth-order valence-electron chi connectivity index (χ4n) is 2.34. The lowest BCUT2D eigenvalue weighted by atomic mass is 9.87. The van der Waals surface area contributed by atoms with Crippen LogP contribution >= 0.6 is 12.4 Å². The lowest BCUT2D eigenvalue weighted by Crippen LogP contribution is -2.44. The van der Waals surface area contributed by atoms with E-state index in [2.05, 4.69) is 26.1 Å². The molecule has 1 aromatic rings. The second-order valence-corrected chi connectivity index (χ2v) is 6.86. The van der Waals surface area contributed by atoms with Crippen LogP contribution in [0.1, 0.15) is 46.6 Å². The number of carboxylic acids is 1. The van der Waals surface area contributed by atoms with Gasteiger partial charge < -0.3 is 10.4 Å². The second kappa shape index (κ2) is 9.64. The molecule has 1 rings (SSSR count). The van der Waals surface area contributed by atoms with Crippen molar-refractivity contribution >= 4 is 30.0 Å². The van der Waals surface area contributed by atoms with Crippen LogP contribution in [0.5, 0.6) is 0 Å². The molecule has 0 heterocycles. The number of rotatable bonds is 7. The van der Waals surface area contributed by atoms with Crippen molar-refractivity contribution in [1.29, 1.82) is 0 Å². The van der Waals surface area contributed by atoms with Crippen LogP contribution < -0.4 is 5.32 Å². The van der Waals surface area contributed by atoms with Crippen molar-refractivity contribution in [1.82, 2.24) is 4.90 Å². The highest BCUT2D eigenvalue weighted by molar-refractivity contribution is 5.94. The van der Waals surface area contributed by atoms with Crippen molar-refractivity contribution < 1.29 is 14.7 Å². The van der Waals surface area contributed by atoms with E-state index in [-0.39, 0.29) is 30.3 Å². The zero-order valence-corrected chi connectivity index (χ0v) is 15.9. The first-order valence-electron chi connectivity index (χ1n) is 8.02. The van der Waals surface area contributed by atoms with Gasteiger partial charge in [-0.2, -0.15) is 0 Å². The van der Waals surface area contributed by atoms with Crippen LogP contribution in [0.15, 0.2) is 24.3 Å². The number of amides is 1. The van der Waals surface area contributed by atoms with Crippen LogP contribution in [0.25, 0.3) is 0 Å². The van der Waals surface area contributed by atoms with Gasteiger partial charge in [-0.15, -0.1) is 12.4 Å². The van der Waals surface area contributed by atoms with E-state index in [1.54, 1.807) is 11.8 Å². The molecule has 0 spiro atoms. The van der Waals surface area contributed by atoms with E-state index in [4.69, 9.17) is 5.11 Å². The van der Waals surface area contributed by atoms with Gasteiger partial charge in [-0.3, -0.25) is 14.5 Å². The van der Waals surface area contributed by atoms with Gasteiger partial charge >= 0.3 is 5.97 Å². The molecule has 6 heteroatoms. The Kier molecular flexibility index (Phi) is 9.01. The van der Waals surface area contributed by atoms with Crippen molar-refractivity contribution in [3.63, 3.8) is 0 Å². The monoisotopic (exact) mass is 356 g/mol. The second-order valence-electron chi connectivity index (χ2n) is 6.86. The number of aliphatic carboxylic acids is 1. The van der Waals surface area contributed by atoms with Gasteiger partial charge in [0.15, 0.2) is 0 Å². The number of hydrogen-bond acceptors (Lipinski definition) is 3. The van der Waals surface area contributed by atoms with E-state index < -0.39 is 12.0 Å². The van der Waals surface area contributed by atoms with E-state index in [1.165, 1.54) is 5.56 Å². The third-order valence-electron chi connectivity index (χ3n) is 3.79. The molecular formula is C18H29ClN2O3. The predicted molar refractivity (Wildman–Crippen MR) is 100.0 cm³/mol. The standard InChI is InChI=1S/C18H28N2O3.ClH/c1-6-11-20(12-16(21)22)13(2)17(23)19-15-9-7-14(8-10-15)18(3,4)5;/h7-10,13H,6,11-12H2,1-5H3,(H,19,23)(H,21,22);1H. The van der Waals surface area contributed by atoms with Crippen molar-refractivity contribution in [3.05, 3.63) is 29.8 Å². The van der Waals surface area contributed by atoms with Crippen molar-refractivity contribution in [2.45, 2.75) is 52.5 Å². The van der Waals surface area contributed by atoms with Crippen molar-refractivity contribution in [2.75, 3.05) is 18.4 Å². The van der Waals surface area contributed by atoms with E-state index >= 15 is 0 Å². The largest absolute Gasteiger partial charge is 0.480 e. The first-order chi connectivity index (χ1) is 10.6. The van der Waals surface area contributed by atoms with Gasteiger partial charge in [0.25, 0.3) is 0 Å². The molecule has 0 aliphatic carbocycles. The fourth-order valence-corrected chi connectivity index (χ4v) is 2.34. The summed E-state index contributed by atoms with van der Waals surface area (Å²) >= 11 is 0. The first-order valence-corrected chi connectivity index (χ1v) is 8.02. The van der Waals surface area contributed by atoms with Crippen LogP contribution in [0.2, 0.25) is 0 Å². The van der Waals surface area contributed by atoms with Gasteiger partial charge in [0, 0.05) is 5.69 Å². The summed E-state index contributed by atoms with van der Waals surface area (Å²) in [6.45, 7) is 10.5. The normalized spacial score (nSPS) is 12.4. The molecule has 136 valence electrons. The van der Waals surface area contributed by atoms with Crippen LogP contribution in [-0.2, 0) is 15.0 Å². The molecule has 0 radical (unpaired) electrons. The Hall–Kier alpha value is -1.59. The third kappa shape index (κ3) is 6.89. The summed E-state index contributed by atoms with van der Waals surface area (Å²) in [5.41, 5.74) is 1.98. The first kappa shape index (κ1) is 22.4. The van der Waals surface area contributed by atoms with Gasteiger partial charge in [-0.05, 0) is 43.0 Å². The maximum absolute atomic E-state index is 12.3. The average Bonchev–Trinajstić information content (AvgIpc) is 2.45. The van der Waals surface area contributed by atoms with Crippen molar-refractivity contribution in [3.8, 4) is 0 Å². The van der Waals surface area contributed by atoms with Crippen LogP contribution in [0, 0.1) is 0 Å². The average molecular weight is 357 g/mol. The molecular weight excluding hydrogens is 328 g/mol. The zero-order chi connectivity index (χ0) is 17.6. The number of nitrogens with zero attached hydrogens (tertiary/aromatic N) is 1. The maximum Gasteiger partial charge on any atom is 0.317 e. The third-order valence-corrected chi connectivity index (χ3v) is 3.79. The Bertz CT molecular complexity index is 538. The Morgan fingerprint density at radius 1 is 1.21 bits per heavy atom. The molecule has 1 aromatic carbocycles. The highest BCUT2D eigenvalue weighted by Crippen LogP contribution is 2.23. The number of nitrogens with one attached hydrogen (secondary N) is 1. The van der Waals surface area contributed by atoms with Crippen LogP contribution in [-0.4, -0.2) is 41.0 Å². The molecule has 5 nitrogen and oxygen atoms in total. The molecule has 0 aliphatic heterocycles. The molecule has 24 heavy (non-hydrogen) atoms. The van der Waals surface area contributed by atoms with E-state index in [0.29, 0.717) is 6.54 Å². The molecule has 0 saturated heterocycles. The highest BCUT2D eigenvalue weighted by atomic mass is 35.5. The molecule has 1 atom stereocenters. The summed E-state index contributed by atoms with van der Waals surface area (Å²) in [5.74, 6) is -1.11. The summed E-state index contributed by atoms with van der Waals surface area (Å²) in [6.07, 6.45) is 0.797. The number of hydrogen-bond donors (Lipinski definition) is 2. The molecule has 0 saturated carbocycles. The molecule has 1 amide bonds. The summed E-state index contributed by atoms with van der Waals surface area (Å²) in [5, 5.41) is 11.8. The lowest BCUT2D eigenvalue weighted by Gasteiger charge is -2.26. The van der Waals surface area contributed by atoms with E-state index in [0.717, 1.165) is 12.1 Å². The number of carbonyl (C=O) groups is 2. The number of carboxylic acid groups (broad SMARTS) is 1. The molecule has 0 bridgehead atoms. The minimum absolute atomic E-state index is 0. The number of benzene rings is 1. The highest BCUT2D eigenvalue weighted by Gasteiger charge is 2.23. The SMILES string of the molecule is CCCN(CC(=O)O)C(C)C(=O)Nc1ccc(C(C)(C)C)cc1.Cl. The smallest absolute Gasteiger partial charge is 0.317 e. The number of halogens is 1. The Morgan fingerprint density at radius 2 is 1.75 bits per heavy atom. The minimum atomic E-state index is -0.923.